The fraction of sp³-hybridized carbons (Fsp3) is 1.00. The lowest BCUT2D eigenvalue weighted by atomic mass is 9.43. The van der Waals surface area contributed by atoms with Gasteiger partial charge in [0.1, 0.15) is 0 Å². The summed E-state index contributed by atoms with van der Waals surface area (Å²) in [4.78, 5) is 0. The van der Waals surface area contributed by atoms with Gasteiger partial charge in [0.15, 0.2) is 0 Å². The number of hydrogen-bond donors (Lipinski definition) is 2. The Balaban J connectivity index is 1.40. The SMILES string of the molecule is COCCC[C@@](C)(O)CC[C@@H](C)[C@H]1CC[C@H]2[C@@H]3CC[C@H]4C[C@@](C)(O)CC[C@]4(C)[C@H]3CC[C@]12C. The number of hydrogen-bond acceptors (Lipinski definition) is 3. The summed E-state index contributed by atoms with van der Waals surface area (Å²) in [5, 5.41) is 21.6. The molecule has 4 rings (SSSR count). The lowest BCUT2D eigenvalue weighted by molar-refractivity contribution is -0.148. The minimum absolute atomic E-state index is 0.432. The average molecular weight is 463 g/mol. The summed E-state index contributed by atoms with van der Waals surface area (Å²) in [7, 11) is 1.74. The van der Waals surface area contributed by atoms with E-state index in [9.17, 15) is 10.2 Å². The Morgan fingerprint density at radius 1 is 0.939 bits per heavy atom. The van der Waals surface area contributed by atoms with Crippen LogP contribution in [0.4, 0.5) is 0 Å². The van der Waals surface area contributed by atoms with Crippen LogP contribution in [0.5, 0.6) is 0 Å². The maximum atomic E-state index is 10.9. The highest BCUT2D eigenvalue weighted by Crippen LogP contribution is 2.68. The molecule has 0 aliphatic heterocycles. The van der Waals surface area contributed by atoms with Crippen LogP contribution in [-0.2, 0) is 4.74 Å². The van der Waals surface area contributed by atoms with E-state index in [2.05, 4.69) is 27.7 Å². The molecule has 4 fully saturated rings. The van der Waals surface area contributed by atoms with Gasteiger partial charge in [0.25, 0.3) is 0 Å². The minimum atomic E-state index is -0.557. The zero-order chi connectivity index (χ0) is 24.1. The maximum absolute atomic E-state index is 10.9. The van der Waals surface area contributed by atoms with Gasteiger partial charge in [-0.05, 0) is 144 Å². The molecule has 0 aromatic carbocycles. The number of rotatable bonds is 8. The lowest BCUT2D eigenvalue weighted by Crippen LogP contribution is -2.55. The van der Waals surface area contributed by atoms with Gasteiger partial charge < -0.3 is 14.9 Å². The van der Waals surface area contributed by atoms with Crippen molar-refractivity contribution in [1.82, 2.24) is 0 Å². The Bertz CT molecular complexity index is 671. The smallest absolute Gasteiger partial charge is 0.0622 e. The number of methoxy groups -OCH3 is 1. The van der Waals surface area contributed by atoms with E-state index < -0.39 is 11.2 Å². The summed E-state index contributed by atoms with van der Waals surface area (Å²) >= 11 is 0. The fourth-order valence-electron chi connectivity index (χ4n) is 9.87. The van der Waals surface area contributed by atoms with Crippen LogP contribution in [0.25, 0.3) is 0 Å². The van der Waals surface area contributed by atoms with Gasteiger partial charge >= 0.3 is 0 Å². The van der Waals surface area contributed by atoms with Crippen LogP contribution in [-0.4, -0.2) is 35.1 Å². The molecular formula is C30H54O3. The van der Waals surface area contributed by atoms with E-state index in [1.54, 1.807) is 7.11 Å². The van der Waals surface area contributed by atoms with Crippen molar-refractivity contribution in [2.45, 2.75) is 129 Å². The average Bonchev–Trinajstić information content (AvgIpc) is 3.10. The van der Waals surface area contributed by atoms with Gasteiger partial charge in [-0.2, -0.15) is 0 Å². The fourth-order valence-corrected chi connectivity index (χ4v) is 9.87. The van der Waals surface area contributed by atoms with Crippen molar-refractivity contribution >= 4 is 0 Å². The number of ether oxygens (including phenoxy) is 1. The quantitative estimate of drug-likeness (QED) is 0.382. The Hall–Kier alpha value is -0.120. The van der Waals surface area contributed by atoms with Crippen molar-refractivity contribution in [3.63, 3.8) is 0 Å². The molecule has 0 aromatic heterocycles. The molecule has 2 N–H and O–H groups in total. The molecule has 4 saturated carbocycles. The molecule has 33 heavy (non-hydrogen) atoms. The van der Waals surface area contributed by atoms with Crippen LogP contribution >= 0.6 is 0 Å². The van der Waals surface area contributed by atoms with Gasteiger partial charge in [-0.25, -0.2) is 0 Å². The number of fused-ring (bicyclic) bond motifs is 5. The summed E-state index contributed by atoms with van der Waals surface area (Å²) in [5.41, 5.74) is -0.0414. The third kappa shape index (κ3) is 4.94. The molecule has 0 unspecified atom stereocenters. The largest absolute Gasteiger partial charge is 0.390 e. The van der Waals surface area contributed by atoms with E-state index in [-0.39, 0.29) is 0 Å². The van der Waals surface area contributed by atoms with Gasteiger partial charge in [-0.1, -0.05) is 20.8 Å². The highest BCUT2D eigenvalue weighted by atomic mass is 16.5. The van der Waals surface area contributed by atoms with Crippen LogP contribution in [0.3, 0.4) is 0 Å². The first kappa shape index (κ1) is 26.0. The van der Waals surface area contributed by atoms with E-state index in [0.29, 0.717) is 16.7 Å². The van der Waals surface area contributed by atoms with Gasteiger partial charge in [0.2, 0.25) is 0 Å². The zero-order valence-electron chi connectivity index (χ0n) is 22.7. The molecule has 3 heteroatoms. The third-order valence-corrected chi connectivity index (χ3v) is 11.9. The van der Waals surface area contributed by atoms with Crippen molar-refractivity contribution in [3.8, 4) is 0 Å². The molecule has 0 radical (unpaired) electrons. The first-order valence-electron chi connectivity index (χ1n) is 14.4. The topological polar surface area (TPSA) is 49.7 Å². The van der Waals surface area contributed by atoms with Crippen LogP contribution < -0.4 is 0 Å². The van der Waals surface area contributed by atoms with Crippen molar-refractivity contribution in [2.24, 2.45) is 46.3 Å². The molecule has 0 spiro atoms. The van der Waals surface area contributed by atoms with Crippen molar-refractivity contribution < 1.29 is 14.9 Å². The Labute approximate surface area is 204 Å². The molecule has 0 aromatic rings. The second-order valence-electron chi connectivity index (χ2n) is 14.2. The minimum Gasteiger partial charge on any atom is -0.390 e. The van der Waals surface area contributed by atoms with Crippen molar-refractivity contribution in [1.29, 1.82) is 0 Å². The molecule has 4 aliphatic rings. The molecule has 3 nitrogen and oxygen atoms in total. The Kier molecular flexibility index (Phi) is 7.39. The predicted octanol–water partition coefficient (Wildman–Crippen LogP) is 6.99. The summed E-state index contributed by atoms with van der Waals surface area (Å²) in [6.07, 6.45) is 15.5. The lowest BCUT2D eigenvalue weighted by Gasteiger charge is -2.62. The van der Waals surface area contributed by atoms with E-state index in [1.807, 2.05) is 6.92 Å². The first-order chi connectivity index (χ1) is 15.4. The van der Waals surface area contributed by atoms with Gasteiger partial charge in [0, 0.05) is 13.7 Å². The van der Waals surface area contributed by atoms with E-state index in [1.165, 1.54) is 44.9 Å². The second kappa shape index (κ2) is 9.40. The van der Waals surface area contributed by atoms with Crippen molar-refractivity contribution in [2.75, 3.05) is 13.7 Å². The first-order valence-corrected chi connectivity index (χ1v) is 14.4. The van der Waals surface area contributed by atoms with E-state index >= 15 is 0 Å². The third-order valence-electron chi connectivity index (χ3n) is 11.9. The molecule has 192 valence electrons. The van der Waals surface area contributed by atoms with Gasteiger partial charge in [-0.15, -0.1) is 0 Å². The van der Waals surface area contributed by atoms with E-state index in [0.717, 1.165) is 74.7 Å². The Morgan fingerprint density at radius 3 is 2.39 bits per heavy atom. The van der Waals surface area contributed by atoms with Crippen LogP contribution in [0.1, 0.15) is 118 Å². The highest BCUT2D eigenvalue weighted by molar-refractivity contribution is 5.10. The molecule has 4 aliphatic carbocycles. The van der Waals surface area contributed by atoms with E-state index in [4.69, 9.17) is 4.74 Å². The summed E-state index contributed by atoms with van der Waals surface area (Å²) in [6, 6.07) is 0. The number of aliphatic hydroxyl groups is 2. The molecule has 10 atom stereocenters. The Morgan fingerprint density at radius 2 is 1.67 bits per heavy atom. The van der Waals surface area contributed by atoms with Gasteiger partial charge in [0.05, 0.1) is 11.2 Å². The van der Waals surface area contributed by atoms with Crippen LogP contribution in [0, 0.1) is 46.3 Å². The highest BCUT2D eigenvalue weighted by Gasteiger charge is 2.61. The molecular weight excluding hydrogens is 408 g/mol. The zero-order valence-corrected chi connectivity index (χ0v) is 22.7. The van der Waals surface area contributed by atoms with Crippen molar-refractivity contribution in [3.05, 3.63) is 0 Å². The summed E-state index contributed by atoms with van der Waals surface area (Å²) in [6.45, 7) is 12.6. The molecule has 0 bridgehead atoms. The monoisotopic (exact) mass is 462 g/mol. The van der Waals surface area contributed by atoms with Crippen LogP contribution in [0.15, 0.2) is 0 Å². The molecule has 0 saturated heterocycles. The second-order valence-corrected chi connectivity index (χ2v) is 14.2. The summed E-state index contributed by atoms with van der Waals surface area (Å²) in [5.74, 6) is 4.91. The van der Waals surface area contributed by atoms with Gasteiger partial charge in [-0.3, -0.25) is 0 Å². The predicted molar refractivity (Wildman–Crippen MR) is 136 cm³/mol. The standard InChI is InChI=1S/C30H54O3/c1-21(12-15-27(2,31)14-7-19-33-6)24-10-11-25-23-9-8-22-20-28(3,32)17-18-29(22,4)26(23)13-16-30(24,25)5/h21-26,31-32H,7-20H2,1-6H3/t21-,22+,23+,24-,25+,26+,27-,28+,29+,30-/m1/s1. The van der Waals surface area contributed by atoms with Crippen LogP contribution in [0.2, 0.25) is 0 Å². The molecule has 0 heterocycles. The maximum Gasteiger partial charge on any atom is 0.0622 e. The summed E-state index contributed by atoms with van der Waals surface area (Å²) < 4.78 is 5.19. The normalized spacial score (nSPS) is 47.8. The molecule has 0 amide bonds.